The van der Waals surface area contributed by atoms with E-state index in [0.717, 1.165) is 51.4 Å². The van der Waals surface area contributed by atoms with E-state index in [1.54, 1.807) is 0 Å². The number of nitrogens with one attached hydrogen (secondary N) is 6. The van der Waals surface area contributed by atoms with Crippen LogP contribution in [0.5, 0.6) is 0 Å². The van der Waals surface area contributed by atoms with Crippen molar-refractivity contribution >= 4 is 0 Å². The standard InChI is InChI=1S/C14H34N8/c15-13-9-5-1-2-6-10-14(16,12-8-4-3-7-11-13)18-20-22-21-19-17-13/h17-22H,1-12,15-16H2. The van der Waals surface area contributed by atoms with Gasteiger partial charge in [0.2, 0.25) is 0 Å². The van der Waals surface area contributed by atoms with Crippen molar-refractivity contribution in [2.75, 3.05) is 0 Å². The average molecular weight is 314 g/mol. The molecule has 3 fully saturated rings. The summed E-state index contributed by atoms with van der Waals surface area (Å²) in [5.41, 5.74) is 30.2. The van der Waals surface area contributed by atoms with Gasteiger partial charge in [0.15, 0.2) is 0 Å². The number of fused-ring (bicyclic) bond motifs is 15. The second-order valence-electron chi connectivity index (χ2n) is 6.89. The lowest BCUT2D eigenvalue weighted by Crippen LogP contribution is -2.69. The Bertz CT molecular complexity index is 238. The topological polar surface area (TPSA) is 124 Å². The summed E-state index contributed by atoms with van der Waals surface area (Å²) in [6.45, 7) is 0. The molecule has 0 radical (unpaired) electrons. The highest BCUT2D eigenvalue weighted by Gasteiger charge is 2.26. The molecule has 1 saturated carbocycles. The van der Waals surface area contributed by atoms with Gasteiger partial charge in [-0.2, -0.15) is 22.1 Å². The minimum atomic E-state index is -0.367. The zero-order chi connectivity index (χ0) is 15.7. The van der Waals surface area contributed by atoms with Crippen molar-refractivity contribution in [2.45, 2.75) is 88.4 Å². The van der Waals surface area contributed by atoms with Gasteiger partial charge in [0.1, 0.15) is 0 Å². The largest absolute Gasteiger partial charge is 0.312 e. The highest BCUT2D eigenvalue weighted by atomic mass is 15.9. The minimum absolute atomic E-state index is 0.367. The number of hydrogen-bond donors (Lipinski definition) is 8. The van der Waals surface area contributed by atoms with Crippen LogP contribution in [0.25, 0.3) is 0 Å². The van der Waals surface area contributed by atoms with Gasteiger partial charge in [-0.3, -0.25) is 0 Å². The Morgan fingerprint density at radius 1 is 0.455 bits per heavy atom. The fourth-order valence-corrected chi connectivity index (χ4v) is 3.34. The Labute approximate surface area is 133 Å². The Kier molecular flexibility index (Phi) is 7.45. The van der Waals surface area contributed by atoms with Gasteiger partial charge in [-0.1, -0.05) is 51.4 Å². The summed E-state index contributed by atoms with van der Waals surface area (Å²) in [4.78, 5) is 0. The molecule has 0 aromatic carbocycles. The van der Waals surface area contributed by atoms with Crippen LogP contribution >= 0.6 is 0 Å². The molecule has 0 atom stereocenters. The number of rotatable bonds is 0. The third-order valence-corrected chi connectivity index (χ3v) is 4.80. The molecule has 3 aliphatic rings. The molecule has 10 N–H and O–H groups in total. The van der Waals surface area contributed by atoms with Crippen molar-refractivity contribution in [1.82, 2.24) is 33.0 Å². The summed E-state index contributed by atoms with van der Waals surface area (Å²) in [6.07, 6.45) is 13.3. The molecule has 22 heavy (non-hydrogen) atoms. The monoisotopic (exact) mass is 314 g/mol. The predicted molar refractivity (Wildman–Crippen MR) is 88.1 cm³/mol. The molecule has 2 aliphatic heterocycles. The summed E-state index contributed by atoms with van der Waals surface area (Å²) in [7, 11) is 0. The first-order chi connectivity index (χ1) is 10.6. The molecule has 0 aromatic rings. The van der Waals surface area contributed by atoms with E-state index < -0.39 is 0 Å². The zero-order valence-electron chi connectivity index (χ0n) is 13.6. The summed E-state index contributed by atoms with van der Waals surface area (Å²) in [6, 6.07) is 0. The number of hydrazine groups is 5. The fourth-order valence-electron chi connectivity index (χ4n) is 3.34. The second-order valence-corrected chi connectivity index (χ2v) is 6.89. The van der Waals surface area contributed by atoms with E-state index >= 15 is 0 Å². The van der Waals surface area contributed by atoms with Gasteiger partial charge in [-0.15, -0.1) is 0 Å². The fraction of sp³-hybridized carbons (Fsp3) is 1.00. The molecule has 0 unspecified atom stereocenters. The molecular formula is C14H34N8. The first-order valence-corrected chi connectivity index (χ1v) is 8.74. The molecular weight excluding hydrogens is 280 g/mol. The van der Waals surface area contributed by atoms with E-state index in [1.807, 2.05) is 0 Å². The third-order valence-electron chi connectivity index (χ3n) is 4.80. The molecule has 8 heteroatoms. The van der Waals surface area contributed by atoms with Crippen LogP contribution in [0.1, 0.15) is 77.0 Å². The van der Waals surface area contributed by atoms with E-state index in [0.29, 0.717) is 0 Å². The molecule has 1 aliphatic carbocycles. The van der Waals surface area contributed by atoms with E-state index in [4.69, 9.17) is 11.5 Å². The molecule has 2 bridgehead atoms. The van der Waals surface area contributed by atoms with Crippen molar-refractivity contribution in [3.05, 3.63) is 0 Å². The van der Waals surface area contributed by atoms with Gasteiger partial charge in [0, 0.05) is 0 Å². The zero-order valence-corrected chi connectivity index (χ0v) is 13.6. The summed E-state index contributed by atoms with van der Waals surface area (Å²) >= 11 is 0. The van der Waals surface area contributed by atoms with Crippen LogP contribution in [0.15, 0.2) is 0 Å². The first-order valence-electron chi connectivity index (χ1n) is 8.74. The van der Waals surface area contributed by atoms with Crippen molar-refractivity contribution in [3.63, 3.8) is 0 Å². The van der Waals surface area contributed by atoms with Crippen molar-refractivity contribution in [1.29, 1.82) is 0 Å². The highest BCUT2D eigenvalue weighted by molar-refractivity contribution is 4.82. The molecule has 130 valence electrons. The molecule has 2 saturated heterocycles. The van der Waals surface area contributed by atoms with Gasteiger partial charge in [-0.05, 0) is 25.7 Å². The maximum atomic E-state index is 6.52. The molecule has 0 amide bonds. The van der Waals surface area contributed by atoms with Crippen LogP contribution in [-0.2, 0) is 0 Å². The van der Waals surface area contributed by atoms with Crippen LogP contribution < -0.4 is 44.5 Å². The molecule has 0 spiro atoms. The van der Waals surface area contributed by atoms with Crippen LogP contribution in [-0.4, -0.2) is 11.3 Å². The second kappa shape index (κ2) is 9.09. The SMILES string of the molecule is NC12CCCCCCC(N)(CCCCCC1)NNNNNN2. The molecule has 8 nitrogen and oxygen atoms in total. The summed E-state index contributed by atoms with van der Waals surface area (Å²) in [5, 5.41) is 0. The lowest BCUT2D eigenvalue weighted by molar-refractivity contribution is 0.155. The average Bonchev–Trinajstić information content (AvgIpc) is 2.49. The van der Waals surface area contributed by atoms with Gasteiger partial charge in [0.05, 0.1) is 11.3 Å². The van der Waals surface area contributed by atoms with Crippen LogP contribution in [0.3, 0.4) is 0 Å². The lowest BCUT2D eigenvalue weighted by atomic mass is 9.91. The lowest BCUT2D eigenvalue weighted by Gasteiger charge is -2.34. The number of hydrogen-bond acceptors (Lipinski definition) is 8. The maximum Gasteiger partial charge on any atom is 0.0805 e. The van der Waals surface area contributed by atoms with Crippen molar-refractivity contribution in [2.24, 2.45) is 11.5 Å². The van der Waals surface area contributed by atoms with E-state index in [2.05, 4.69) is 33.0 Å². The van der Waals surface area contributed by atoms with Crippen LogP contribution in [0.4, 0.5) is 0 Å². The molecule has 3 rings (SSSR count). The van der Waals surface area contributed by atoms with Crippen LogP contribution in [0.2, 0.25) is 0 Å². The minimum Gasteiger partial charge on any atom is -0.312 e. The smallest absolute Gasteiger partial charge is 0.0805 e. The van der Waals surface area contributed by atoms with Crippen LogP contribution in [0, 0.1) is 0 Å². The Morgan fingerprint density at radius 2 is 0.773 bits per heavy atom. The van der Waals surface area contributed by atoms with Gasteiger partial charge >= 0.3 is 0 Å². The van der Waals surface area contributed by atoms with Gasteiger partial charge in [0.25, 0.3) is 0 Å². The molecule has 0 aromatic heterocycles. The van der Waals surface area contributed by atoms with Gasteiger partial charge < -0.3 is 11.5 Å². The van der Waals surface area contributed by atoms with E-state index in [-0.39, 0.29) is 11.3 Å². The predicted octanol–water partition coefficient (Wildman–Crippen LogP) is 0.117. The maximum absolute atomic E-state index is 6.52. The van der Waals surface area contributed by atoms with E-state index in [9.17, 15) is 0 Å². The Balaban J connectivity index is 2.03. The summed E-state index contributed by atoms with van der Waals surface area (Å²) in [5.74, 6) is 0. The Hall–Kier alpha value is -0.320. The third kappa shape index (κ3) is 6.43. The van der Waals surface area contributed by atoms with E-state index in [1.165, 1.54) is 25.7 Å². The first kappa shape index (κ1) is 18.0. The highest BCUT2D eigenvalue weighted by Crippen LogP contribution is 2.22. The Morgan fingerprint density at radius 3 is 1.09 bits per heavy atom. The molecule has 2 heterocycles. The summed E-state index contributed by atoms with van der Waals surface area (Å²) < 4.78 is 0. The quantitative estimate of drug-likeness (QED) is 0.317. The number of nitrogens with two attached hydrogens (primary N) is 2. The normalized spacial score (nSPS) is 37.4. The van der Waals surface area contributed by atoms with Crippen molar-refractivity contribution in [3.8, 4) is 0 Å². The van der Waals surface area contributed by atoms with Gasteiger partial charge in [-0.25, -0.2) is 10.9 Å². The van der Waals surface area contributed by atoms with Crippen molar-refractivity contribution < 1.29 is 0 Å².